The van der Waals surface area contributed by atoms with Gasteiger partial charge in [0.15, 0.2) is 11.5 Å². The van der Waals surface area contributed by atoms with Crippen molar-refractivity contribution in [3.8, 4) is 56.9 Å². The minimum absolute atomic E-state index is 0.111. The molecule has 1 amide bonds. The molecule has 10 nitrogen and oxygen atoms in total. The highest BCUT2D eigenvalue weighted by Crippen LogP contribution is 2.43. The smallest absolute Gasteiger partial charge is 0.309 e. The highest BCUT2D eigenvalue weighted by atomic mass is 19.1. The number of ether oxygens (including phenoxy) is 5. The van der Waals surface area contributed by atoms with Gasteiger partial charge in [0.2, 0.25) is 12.7 Å². The number of nitrogens with one attached hydrogen (secondary N) is 1. The predicted molar refractivity (Wildman–Crippen MR) is 159 cm³/mol. The SMILES string of the molecule is COc1cc(OC)cc(-c2nn(-c3ccc(F)cc3)c(OC(C)=O)c2-c2ccc(NC(=O)c3ccc4c(c3)OCO4)cc2)c1. The number of hydrogen-bond acceptors (Lipinski definition) is 8. The van der Waals surface area contributed by atoms with Crippen molar-refractivity contribution in [3.63, 3.8) is 0 Å². The van der Waals surface area contributed by atoms with Gasteiger partial charge in [-0.25, -0.2) is 4.39 Å². The van der Waals surface area contributed by atoms with Crippen LogP contribution in [0.1, 0.15) is 17.3 Å². The third-order valence-corrected chi connectivity index (χ3v) is 6.85. The number of fused-ring (bicyclic) bond motifs is 1. The van der Waals surface area contributed by atoms with E-state index in [4.69, 9.17) is 28.8 Å². The number of benzene rings is 4. The normalized spacial score (nSPS) is 11.6. The number of anilines is 1. The Morgan fingerprint density at radius 1 is 0.841 bits per heavy atom. The number of carbonyl (C=O) groups is 2. The lowest BCUT2D eigenvalue weighted by atomic mass is 10.0. The van der Waals surface area contributed by atoms with Crippen LogP contribution in [0.2, 0.25) is 0 Å². The Bertz CT molecular complexity index is 1850. The topological polar surface area (TPSA) is 110 Å². The molecule has 0 atom stereocenters. The van der Waals surface area contributed by atoms with E-state index in [1.54, 1.807) is 60.7 Å². The molecule has 0 bridgehead atoms. The number of nitrogens with zero attached hydrogens (tertiary/aromatic N) is 2. The maximum absolute atomic E-state index is 13.8. The number of aromatic nitrogens is 2. The van der Waals surface area contributed by atoms with Crippen LogP contribution in [0.5, 0.6) is 28.9 Å². The van der Waals surface area contributed by atoms with Crippen molar-refractivity contribution < 1.29 is 37.7 Å². The van der Waals surface area contributed by atoms with E-state index in [1.807, 2.05) is 0 Å². The molecule has 0 unspecified atom stereocenters. The zero-order valence-corrected chi connectivity index (χ0v) is 23.9. The average molecular weight is 596 g/mol. The standard InChI is InChI=1S/C33H26FN3O7/c1-19(38)44-33-30(20-4-9-24(10-5-20)35-32(39)21-6-13-28-29(16-21)43-18-42-28)31(22-14-26(40-2)17-27(15-22)41-3)36-37(33)25-11-7-23(34)8-12-25/h4-17H,18H2,1-3H3,(H,35,39). The molecule has 0 spiro atoms. The van der Waals surface area contributed by atoms with Gasteiger partial charge in [-0.3, -0.25) is 9.59 Å². The van der Waals surface area contributed by atoms with Gasteiger partial charge in [0.05, 0.1) is 25.5 Å². The first kappa shape index (κ1) is 28.3. The van der Waals surface area contributed by atoms with E-state index in [0.717, 1.165) is 0 Å². The van der Waals surface area contributed by atoms with Crippen molar-refractivity contribution in [2.75, 3.05) is 26.3 Å². The van der Waals surface area contributed by atoms with Gasteiger partial charge in [0.25, 0.3) is 5.91 Å². The first-order valence-electron chi connectivity index (χ1n) is 13.4. The highest BCUT2D eigenvalue weighted by molar-refractivity contribution is 6.05. The number of esters is 1. The molecule has 4 aromatic carbocycles. The molecule has 1 N–H and O–H groups in total. The summed E-state index contributed by atoms with van der Waals surface area (Å²) in [6.45, 7) is 1.40. The van der Waals surface area contributed by atoms with Gasteiger partial charge >= 0.3 is 5.97 Å². The zero-order valence-electron chi connectivity index (χ0n) is 23.9. The molecule has 5 aromatic rings. The van der Waals surface area contributed by atoms with Crippen LogP contribution < -0.4 is 29.0 Å². The Kier molecular flexibility index (Phi) is 7.59. The Balaban J connectivity index is 1.44. The molecule has 44 heavy (non-hydrogen) atoms. The molecule has 2 heterocycles. The lowest BCUT2D eigenvalue weighted by Crippen LogP contribution is -2.11. The van der Waals surface area contributed by atoms with E-state index < -0.39 is 11.8 Å². The van der Waals surface area contributed by atoms with Crippen LogP contribution in [-0.2, 0) is 4.79 Å². The molecule has 1 aromatic heterocycles. The molecule has 6 rings (SSSR count). The summed E-state index contributed by atoms with van der Waals surface area (Å²) >= 11 is 0. The Morgan fingerprint density at radius 2 is 1.52 bits per heavy atom. The largest absolute Gasteiger partial charge is 0.497 e. The molecule has 1 aliphatic heterocycles. The summed E-state index contributed by atoms with van der Waals surface area (Å²) in [5.41, 5.74) is 3.58. The van der Waals surface area contributed by atoms with Crippen molar-refractivity contribution in [2.45, 2.75) is 6.92 Å². The summed E-state index contributed by atoms with van der Waals surface area (Å²) in [4.78, 5) is 25.3. The van der Waals surface area contributed by atoms with Crippen molar-refractivity contribution in [1.29, 1.82) is 0 Å². The number of amides is 1. The third kappa shape index (κ3) is 5.62. The van der Waals surface area contributed by atoms with Crippen LogP contribution in [0, 0.1) is 5.82 Å². The number of carbonyl (C=O) groups excluding carboxylic acids is 2. The Hall–Kier alpha value is -5.84. The average Bonchev–Trinajstić information content (AvgIpc) is 3.66. The van der Waals surface area contributed by atoms with Crippen LogP contribution in [-0.4, -0.2) is 42.7 Å². The minimum atomic E-state index is -0.572. The lowest BCUT2D eigenvalue weighted by Gasteiger charge is -2.11. The van der Waals surface area contributed by atoms with Crippen molar-refractivity contribution in [3.05, 3.63) is 96.3 Å². The number of hydrogen-bond donors (Lipinski definition) is 1. The molecular weight excluding hydrogens is 569 g/mol. The van der Waals surface area contributed by atoms with E-state index in [0.29, 0.717) is 62.3 Å². The second-order valence-corrected chi connectivity index (χ2v) is 9.71. The van der Waals surface area contributed by atoms with Crippen LogP contribution in [0.25, 0.3) is 28.1 Å². The third-order valence-electron chi connectivity index (χ3n) is 6.85. The summed E-state index contributed by atoms with van der Waals surface area (Å²) in [6, 6.07) is 22.9. The van der Waals surface area contributed by atoms with Crippen LogP contribution in [0.15, 0.2) is 84.9 Å². The van der Waals surface area contributed by atoms with E-state index in [9.17, 15) is 14.0 Å². The molecule has 0 saturated heterocycles. The number of methoxy groups -OCH3 is 2. The maximum Gasteiger partial charge on any atom is 0.309 e. The van der Waals surface area contributed by atoms with Gasteiger partial charge in [-0.2, -0.15) is 9.78 Å². The van der Waals surface area contributed by atoms with Crippen molar-refractivity contribution in [2.24, 2.45) is 0 Å². The molecule has 11 heteroatoms. The molecule has 0 aliphatic carbocycles. The summed E-state index contributed by atoms with van der Waals surface area (Å²) in [5, 5.41) is 7.69. The van der Waals surface area contributed by atoms with E-state index in [-0.39, 0.29) is 18.6 Å². The molecule has 222 valence electrons. The van der Waals surface area contributed by atoms with Gasteiger partial charge in [0, 0.05) is 29.8 Å². The molecule has 0 radical (unpaired) electrons. The lowest BCUT2D eigenvalue weighted by molar-refractivity contribution is -0.132. The van der Waals surface area contributed by atoms with Crippen LogP contribution in [0.4, 0.5) is 10.1 Å². The maximum atomic E-state index is 13.8. The fourth-order valence-electron chi connectivity index (χ4n) is 4.76. The predicted octanol–water partition coefficient (Wildman–Crippen LogP) is 6.27. The van der Waals surface area contributed by atoms with Crippen molar-refractivity contribution >= 4 is 17.6 Å². The van der Waals surface area contributed by atoms with Gasteiger partial charge in [-0.05, 0) is 72.3 Å². The number of halogens is 1. The summed E-state index contributed by atoms with van der Waals surface area (Å²) < 4.78 is 42.6. The van der Waals surface area contributed by atoms with E-state index >= 15 is 0 Å². The first-order chi connectivity index (χ1) is 21.3. The summed E-state index contributed by atoms with van der Waals surface area (Å²) in [7, 11) is 3.08. The fourth-order valence-corrected chi connectivity index (χ4v) is 4.76. The molecule has 0 saturated carbocycles. The van der Waals surface area contributed by atoms with E-state index in [2.05, 4.69) is 5.32 Å². The Labute approximate surface area is 251 Å². The van der Waals surface area contributed by atoms with Crippen LogP contribution in [0.3, 0.4) is 0 Å². The van der Waals surface area contributed by atoms with E-state index in [1.165, 1.54) is 50.1 Å². The van der Waals surface area contributed by atoms with Gasteiger partial charge in [-0.1, -0.05) is 12.1 Å². The second-order valence-electron chi connectivity index (χ2n) is 9.71. The van der Waals surface area contributed by atoms with Gasteiger partial charge in [-0.15, -0.1) is 0 Å². The second kappa shape index (κ2) is 11.8. The highest BCUT2D eigenvalue weighted by Gasteiger charge is 2.26. The molecular formula is C33H26FN3O7. The van der Waals surface area contributed by atoms with Gasteiger partial charge < -0.3 is 29.0 Å². The van der Waals surface area contributed by atoms with Crippen molar-refractivity contribution in [1.82, 2.24) is 9.78 Å². The molecule has 1 aliphatic rings. The summed E-state index contributed by atoms with van der Waals surface area (Å²) in [5.74, 6) is 0.937. The van der Waals surface area contributed by atoms with Gasteiger partial charge in [0.1, 0.15) is 23.0 Å². The monoisotopic (exact) mass is 595 g/mol. The first-order valence-corrected chi connectivity index (χ1v) is 13.4. The van der Waals surface area contributed by atoms with Crippen LogP contribution >= 0.6 is 0 Å². The Morgan fingerprint density at radius 3 is 2.18 bits per heavy atom. The quantitative estimate of drug-likeness (QED) is 0.209. The number of rotatable bonds is 8. The minimum Gasteiger partial charge on any atom is -0.497 e. The molecule has 0 fully saturated rings. The summed E-state index contributed by atoms with van der Waals surface area (Å²) in [6.07, 6.45) is 0. The fraction of sp³-hybridized carbons (Fsp3) is 0.121. The zero-order chi connectivity index (χ0) is 30.8.